The second-order valence-corrected chi connectivity index (χ2v) is 7.33. The molecular formula is C23H24N4O2. The summed E-state index contributed by atoms with van der Waals surface area (Å²) in [6.07, 6.45) is 2.06. The molecule has 6 heteroatoms. The Morgan fingerprint density at radius 3 is 2.34 bits per heavy atom. The molecule has 0 radical (unpaired) electrons. The molecule has 3 amide bonds. The molecule has 6 nitrogen and oxygen atoms in total. The molecule has 0 aliphatic carbocycles. The summed E-state index contributed by atoms with van der Waals surface area (Å²) in [5, 5.41) is 9.04. The van der Waals surface area contributed by atoms with E-state index in [1.54, 1.807) is 17.0 Å². The average molecular weight is 388 g/mol. The van der Waals surface area contributed by atoms with Crippen LogP contribution in [0, 0.1) is 5.92 Å². The van der Waals surface area contributed by atoms with E-state index in [2.05, 4.69) is 11.4 Å². The van der Waals surface area contributed by atoms with Crippen molar-refractivity contribution in [2.24, 2.45) is 11.0 Å². The van der Waals surface area contributed by atoms with Crippen LogP contribution in [0.3, 0.4) is 0 Å². The van der Waals surface area contributed by atoms with E-state index in [9.17, 15) is 9.59 Å². The van der Waals surface area contributed by atoms with Crippen LogP contribution in [0.5, 0.6) is 0 Å². The van der Waals surface area contributed by atoms with Crippen molar-refractivity contribution in [2.75, 3.05) is 20.1 Å². The summed E-state index contributed by atoms with van der Waals surface area (Å²) >= 11 is 0. The summed E-state index contributed by atoms with van der Waals surface area (Å²) in [6.45, 7) is 2.50. The van der Waals surface area contributed by atoms with Gasteiger partial charge in [0.2, 0.25) is 5.91 Å². The number of hydrazone groups is 1. The Hall–Kier alpha value is -3.41. The van der Waals surface area contributed by atoms with Crippen LogP contribution in [0.15, 0.2) is 71.3 Å². The van der Waals surface area contributed by atoms with E-state index < -0.39 is 0 Å². The van der Waals surface area contributed by atoms with E-state index in [1.807, 2.05) is 60.7 Å². The van der Waals surface area contributed by atoms with Gasteiger partial charge in [0.15, 0.2) is 0 Å². The first kappa shape index (κ1) is 18.9. The molecular weight excluding hydrogens is 364 g/mol. The third-order valence-corrected chi connectivity index (χ3v) is 5.42. The monoisotopic (exact) mass is 388 g/mol. The lowest BCUT2D eigenvalue weighted by Gasteiger charge is -2.35. The molecule has 1 fully saturated rings. The Kier molecular flexibility index (Phi) is 5.16. The van der Waals surface area contributed by atoms with Crippen LogP contribution in [0.4, 0.5) is 4.79 Å². The first-order valence-corrected chi connectivity index (χ1v) is 9.74. The number of fused-ring (bicyclic) bond motifs is 1. The highest BCUT2D eigenvalue weighted by atomic mass is 16.2. The van der Waals surface area contributed by atoms with E-state index in [-0.39, 0.29) is 23.9 Å². The zero-order valence-corrected chi connectivity index (χ0v) is 16.6. The summed E-state index contributed by atoms with van der Waals surface area (Å²) in [4.78, 5) is 26.7. The highest BCUT2D eigenvalue weighted by Gasteiger charge is 2.45. The minimum Gasteiger partial charge on any atom is -0.341 e. The highest BCUT2D eigenvalue weighted by molar-refractivity contribution is 6.09. The van der Waals surface area contributed by atoms with Gasteiger partial charge in [-0.3, -0.25) is 4.79 Å². The predicted molar refractivity (Wildman–Crippen MR) is 113 cm³/mol. The zero-order chi connectivity index (χ0) is 20.4. The number of carbonyl (C=O) groups is 2. The molecule has 0 spiro atoms. The van der Waals surface area contributed by atoms with Gasteiger partial charge in [-0.25, -0.2) is 9.80 Å². The molecule has 0 bridgehead atoms. The maximum atomic E-state index is 12.5. The molecule has 2 aromatic carbocycles. The van der Waals surface area contributed by atoms with Crippen molar-refractivity contribution in [2.45, 2.75) is 13.0 Å². The summed E-state index contributed by atoms with van der Waals surface area (Å²) in [6, 6.07) is 19.5. The number of piperidine rings is 1. The lowest BCUT2D eigenvalue weighted by Crippen LogP contribution is -2.49. The van der Waals surface area contributed by atoms with Crippen molar-refractivity contribution < 1.29 is 9.59 Å². The van der Waals surface area contributed by atoms with Crippen molar-refractivity contribution in [1.29, 1.82) is 0 Å². The lowest BCUT2D eigenvalue weighted by atomic mass is 9.83. The molecule has 148 valence electrons. The van der Waals surface area contributed by atoms with Gasteiger partial charge >= 0.3 is 6.03 Å². The fourth-order valence-corrected chi connectivity index (χ4v) is 4.12. The maximum Gasteiger partial charge on any atom is 0.317 e. The average Bonchev–Trinajstić information content (AvgIpc) is 3.14. The number of benzene rings is 2. The predicted octanol–water partition coefficient (Wildman–Crippen LogP) is 3.30. The molecule has 2 unspecified atom stereocenters. The van der Waals surface area contributed by atoms with E-state index in [1.165, 1.54) is 6.92 Å². The summed E-state index contributed by atoms with van der Waals surface area (Å²) in [5.41, 5.74) is 3.91. The highest BCUT2D eigenvalue weighted by Crippen LogP contribution is 2.40. The Morgan fingerprint density at radius 2 is 1.72 bits per heavy atom. The van der Waals surface area contributed by atoms with Gasteiger partial charge in [-0.05, 0) is 22.8 Å². The van der Waals surface area contributed by atoms with Crippen molar-refractivity contribution in [3.05, 3.63) is 77.4 Å². The van der Waals surface area contributed by atoms with Crippen LogP contribution in [-0.2, 0) is 4.79 Å². The van der Waals surface area contributed by atoms with Crippen LogP contribution in [0.2, 0.25) is 0 Å². The minimum atomic E-state index is -0.227. The number of hydrogen-bond acceptors (Lipinski definition) is 3. The fraction of sp³-hybridized carbons (Fsp3) is 0.261. The van der Waals surface area contributed by atoms with Crippen LogP contribution < -0.4 is 5.32 Å². The standard InChI is InChI=1S/C23H24N4O2/c1-16(28)27-22(18-11-7-4-8-12-18)20-15-26(23(29)24-2)14-19(21(20)25-27)13-17-9-5-3-6-10-17/h3-13,20,22H,14-15H2,1-2H3,(H,24,29)/b19-13+. The normalized spacial score (nSPS) is 22.3. The van der Waals surface area contributed by atoms with Gasteiger partial charge in [-0.2, -0.15) is 5.10 Å². The Labute approximate surface area is 170 Å². The van der Waals surface area contributed by atoms with Crippen LogP contribution >= 0.6 is 0 Å². The van der Waals surface area contributed by atoms with Crippen molar-refractivity contribution in [1.82, 2.24) is 15.2 Å². The van der Waals surface area contributed by atoms with Crippen molar-refractivity contribution >= 4 is 23.7 Å². The lowest BCUT2D eigenvalue weighted by molar-refractivity contribution is -0.131. The van der Waals surface area contributed by atoms with Gasteiger partial charge in [-0.1, -0.05) is 60.7 Å². The van der Waals surface area contributed by atoms with Crippen molar-refractivity contribution in [3.63, 3.8) is 0 Å². The van der Waals surface area contributed by atoms with Gasteiger partial charge in [0.1, 0.15) is 0 Å². The molecule has 29 heavy (non-hydrogen) atoms. The number of rotatable bonds is 2. The van der Waals surface area contributed by atoms with Crippen LogP contribution in [-0.4, -0.2) is 47.7 Å². The SMILES string of the molecule is CNC(=O)N1C/C(=C\c2ccccc2)C2=NN(C(C)=O)C(c3ccccc3)C2C1. The summed E-state index contributed by atoms with van der Waals surface area (Å²) < 4.78 is 0. The van der Waals surface area contributed by atoms with Gasteiger partial charge in [0, 0.05) is 33.0 Å². The smallest absolute Gasteiger partial charge is 0.317 e. The molecule has 2 heterocycles. The first-order chi connectivity index (χ1) is 14.1. The number of nitrogens with one attached hydrogen (secondary N) is 1. The number of nitrogens with zero attached hydrogens (tertiary/aromatic N) is 3. The molecule has 2 aliphatic heterocycles. The Bertz CT molecular complexity index is 969. The number of likely N-dealkylation sites (tertiary alicyclic amines) is 1. The summed E-state index contributed by atoms with van der Waals surface area (Å²) in [5.74, 6) is -0.186. The zero-order valence-electron chi connectivity index (χ0n) is 16.6. The van der Waals surface area contributed by atoms with Gasteiger partial charge in [-0.15, -0.1) is 0 Å². The van der Waals surface area contributed by atoms with Crippen molar-refractivity contribution in [3.8, 4) is 0 Å². The number of amides is 3. The fourth-order valence-electron chi connectivity index (χ4n) is 4.12. The molecule has 2 aliphatic rings. The van der Waals surface area contributed by atoms with Gasteiger partial charge in [0.05, 0.1) is 11.8 Å². The largest absolute Gasteiger partial charge is 0.341 e. The number of hydrogen-bond donors (Lipinski definition) is 1. The van der Waals surface area contributed by atoms with E-state index in [0.29, 0.717) is 13.1 Å². The molecule has 2 atom stereocenters. The maximum absolute atomic E-state index is 12.5. The van der Waals surface area contributed by atoms with Crippen LogP contribution in [0.1, 0.15) is 24.1 Å². The number of urea groups is 1. The van der Waals surface area contributed by atoms with E-state index in [0.717, 1.165) is 22.4 Å². The molecule has 1 N–H and O–H groups in total. The molecule has 2 aromatic rings. The van der Waals surface area contributed by atoms with Crippen LogP contribution in [0.25, 0.3) is 6.08 Å². The topological polar surface area (TPSA) is 65.0 Å². The summed E-state index contributed by atoms with van der Waals surface area (Å²) in [7, 11) is 1.64. The second kappa shape index (κ2) is 7.91. The molecule has 4 rings (SSSR count). The molecule has 1 saturated heterocycles. The van der Waals surface area contributed by atoms with Gasteiger partial charge < -0.3 is 10.2 Å². The Balaban J connectivity index is 1.80. The first-order valence-electron chi connectivity index (χ1n) is 9.74. The quantitative estimate of drug-likeness (QED) is 0.858. The van der Waals surface area contributed by atoms with E-state index in [4.69, 9.17) is 5.10 Å². The number of carbonyl (C=O) groups excluding carboxylic acids is 2. The van der Waals surface area contributed by atoms with E-state index >= 15 is 0 Å². The minimum absolute atomic E-state index is 0.0812. The second-order valence-electron chi connectivity index (χ2n) is 7.33. The Morgan fingerprint density at radius 1 is 1.07 bits per heavy atom. The third-order valence-electron chi connectivity index (χ3n) is 5.42. The third kappa shape index (κ3) is 3.66. The van der Waals surface area contributed by atoms with Gasteiger partial charge in [0.25, 0.3) is 0 Å². The molecule has 0 saturated carbocycles. The molecule has 0 aromatic heterocycles.